The summed E-state index contributed by atoms with van der Waals surface area (Å²) in [6.07, 6.45) is 1.82. The number of benzene rings is 2. The minimum absolute atomic E-state index is 0.655. The van der Waals surface area contributed by atoms with Crippen molar-refractivity contribution in [2.45, 2.75) is 13.3 Å². The van der Waals surface area contributed by atoms with Crippen LogP contribution in [-0.4, -0.2) is 12.9 Å². The molecular formula is C16H16O2. The molecule has 2 aromatic rings. The summed E-state index contributed by atoms with van der Waals surface area (Å²) in [5.41, 5.74) is 2.54. The van der Waals surface area contributed by atoms with Crippen LogP contribution in [0.25, 0.3) is 11.1 Å². The average Bonchev–Trinajstić information content (AvgIpc) is 2.45. The van der Waals surface area contributed by atoms with E-state index < -0.39 is 0 Å². The molecule has 0 spiro atoms. The van der Waals surface area contributed by atoms with Crippen molar-refractivity contribution in [3.05, 3.63) is 54.1 Å². The Kier molecular flexibility index (Phi) is 4.13. The molecule has 0 radical (unpaired) electrons. The first-order chi connectivity index (χ1) is 8.86. The molecule has 0 heterocycles. The van der Waals surface area contributed by atoms with E-state index in [4.69, 9.17) is 4.74 Å². The Bertz CT molecular complexity index is 518. The van der Waals surface area contributed by atoms with Crippen LogP contribution in [0.2, 0.25) is 0 Å². The Balaban J connectivity index is 2.51. The van der Waals surface area contributed by atoms with Gasteiger partial charge >= 0.3 is 0 Å². The number of carbonyl (C=O) groups is 1. The van der Waals surface area contributed by atoms with Crippen LogP contribution in [0.15, 0.2) is 48.5 Å². The van der Waals surface area contributed by atoms with Crippen molar-refractivity contribution in [2.75, 3.05) is 6.61 Å². The maximum atomic E-state index is 11.2. The second kappa shape index (κ2) is 6.01. The molecule has 0 fully saturated rings. The molecule has 2 rings (SSSR count). The third kappa shape index (κ3) is 2.59. The molecule has 0 N–H and O–H groups in total. The van der Waals surface area contributed by atoms with Crippen molar-refractivity contribution < 1.29 is 9.53 Å². The molecule has 0 saturated heterocycles. The van der Waals surface area contributed by atoms with E-state index >= 15 is 0 Å². The molecule has 0 saturated carbocycles. The van der Waals surface area contributed by atoms with Crippen molar-refractivity contribution in [3.8, 4) is 16.9 Å². The Hall–Kier alpha value is -2.09. The smallest absolute Gasteiger partial charge is 0.150 e. The zero-order valence-corrected chi connectivity index (χ0v) is 10.4. The van der Waals surface area contributed by atoms with Gasteiger partial charge in [0.05, 0.1) is 6.61 Å². The van der Waals surface area contributed by atoms with Gasteiger partial charge in [0.15, 0.2) is 6.29 Å². The van der Waals surface area contributed by atoms with E-state index in [-0.39, 0.29) is 0 Å². The lowest BCUT2D eigenvalue weighted by atomic mass is 9.99. The first-order valence-corrected chi connectivity index (χ1v) is 6.13. The van der Waals surface area contributed by atoms with Crippen molar-refractivity contribution in [3.63, 3.8) is 0 Å². The number of aldehydes is 1. The third-order valence-electron chi connectivity index (χ3n) is 2.71. The third-order valence-corrected chi connectivity index (χ3v) is 2.71. The van der Waals surface area contributed by atoms with Crippen molar-refractivity contribution in [1.82, 2.24) is 0 Å². The Morgan fingerprint density at radius 1 is 1.06 bits per heavy atom. The summed E-state index contributed by atoms with van der Waals surface area (Å²) in [5, 5.41) is 0. The molecule has 2 heteroatoms. The highest BCUT2D eigenvalue weighted by molar-refractivity contribution is 5.90. The van der Waals surface area contributed by atoms with Gasteiger partial charge in [-0.3, -0.25) is 4.79 Å². The van der Waals surface area contributed by atoms with Gasteiger partial charge < -0.3 is 4.74 Å². The predicted octanol–water partition coefficient (Wildman–Crippen LogP) is 3.95. The largest absolute Gasteiger partial charge is 0.493 e. The first-order valence-electron chi connectivity index (χ1n) is 6.13. The summed E-state index contributed by atoms with van der Waals surface area (Å²) in [6.45, 7) is 2.72. The van der Waals surface area contributed by atoms with Crippen LogP contribution >= 0.6 is 0 Å². The zero-order chi connectivity index (χ0) is 12.8. The Morgan fingerprint density at radius 3 is 2.50 bits per heavy atom. The Labute approximate surface area is 107 Å². The van der Waals surface area contributed by atoms with Gasteiger partial charge in [-0.2, -0.15) is 0 Å². The maximum absolute atomic E-state index is 11.2. The van der Waals surface area contributed by atoms with Crippen LogP contribution in [0, 0.1) is 0 Å². The molecule has 2 nitrogen and oxygen atoms in total. The quantitative estimate of drug-likeness (QED) is 0.739. The fourth-order valence-corrected chi connectivity index (χ4v) is 1.89. The standard InChI is InChI=1S/C16H16O2/c1-2-11-18-15-10-6-9-14(12-17)16(15)13-7-4-3-5-8-13/h3-10,12H,2,11H2,1H3. The van der Waals surface area contributed by atoms with Crippen molar-refractivity contribution in [1.29, 1.82) is 0 Å². The van der Waals surface area contributed by atoms with Crippen LogP contribution in [0.3, 0.4) is 0 Å². The van der Waals surface area contributed by atoms with Crippen LogP contribution in [0.4, 0.5) is 0 Å². The second-order valence-corrected chi connectivity index (χ2v) is 4.05. The van der Waals surface area contributed by atoms with E-state index in [1.165, 1.54) is 0 Å². The number of carbonyl (C=O) groups excluding carboxylic acids is 1. The SMILES string of the molecule is CCCOc1cccc(C=O)c1-c1ccccc1. The lowest BCUT2D eigenvalue weighted by Gasteiger charge is -2.13. The van der Waals surface area contributed by atoms with Gasteiger partial charge in [0.2, 0.25) is 0 Å². The lowest BCUT2D eigenvalue weighted by molar-refractivity contribution is 0.112. The Morgan fingerprint density at radius 2 is 1.83 bits per heavy atom. The van der Waals surface area contributed by atoms with Crippen LogP contribution in [0.5, 0.6) is 5.75 Å². The molecule has 2 aromatic carbocycles. The van der Waals surface area contributed by atoms with Crippen molar-refractivity contribution in [2.24, 2.45) is 0 Å². The molecule has 0 atom stereocenters. The molecular weight excluding hydrogens is 224 g/mol. The highest BCUT2D eigenvalue weighted by Crippen LogP contribution is 2.32. The van der Waals surface area contributed by atoms with Crippen LogP contribution < -0.4 is 4.74 Å². The molecule has 18 heavy (non-hydrogen) atoms. The van der Waals surface area contributed by atoms with E-state index in [0.717, 1.165) is 29.6 Å². The first kappa shape index (κ1) is 12.4. The van der Waals surface area contributed by atoms with Crippen molar-refractivity contribution >= 4 is 6.29 Å². The number of hydrogen-bond acceptors (Lipinski definition) is 2. The normalized spacial score (nSPS) is 10.1. The van der Waals surface area contributed by atoms with Gasteiger partial charge in [-0.15, -0.1) is 0 Å². The van der Waals surface area contributed by atoms with E-state index in [1.807, 2.05) is 48.5 Å². The zero-order valence-electron chi connectivity index (χ0n) is 10.4. The van der Waals surface area contributed by atoms with Gasteiger partial charge in [0, 0.05) is 11.1 Å². The average molecular weight is 240 g/mol. The number of rotatable bonds is 5. The fourth-order valence-electron chi connectivity index (χ4n) is 1.89. The molecule has 0 bridgehead atoms. The highest BCUT2D eigenvalue weighted by Gasteiger charge is 2.10. The maximum Gasteiger partial charge on any atom is 0.150 e. The summed E-state index contributed by atoms with van der Waals surface area (Å²) in [4.78, 5) is 11.2. The topological polar surface area (TPSA) is 26.3 Å². The van der Waals surface area contributed by atoms with Crippen LogP contribution in [-0.2, 0) is 0 Å². The summed E-state index contributed by atoms with van der Waals surface area (Å²) >= 11 is 0. The van der Waals surface area contributed by atoms with Crippen LogP contribution in [0.1, 0.15) is 23.7 Å². The lowest BCUT2D eigenvalue weighted by Crippen LogP contribution is -1.99. The second-order valence-electron chi connectivity index (χ2n) is 4.05. The predicted molar refractivity (Wildman–Crippen MR) is 73.1 cm³/mol. The molecule has 92 valence electrons. The summed E-state index contributed by atoms with van der Waals surface area (Å²) in [6, 6.07) is 15.4. The molecule has 0 unspecified atom stereocenters. The van der Waals surface area contributed by atoms with E-state index in [0.29, 0.717) is 12.2 Å². The van der Waals surface area contributed by atoms with Gasteiger partial charge in [-0.25, -0.2) is 0 Å². The van der Waals surface area contributed by atoms with Gasteiger partial charge in [-0.05, 0) is 18.1 Å². The summed E-state index contributed by atoms with van der Waals surface area (Å²) in [5.74, 6) is 0.771. The monoisotopic (exact) mass is 240 g/mol. The number of ether oxygens (including phenoxy) is 1. The summed E-state index contributed by atoms with van der Waals surface area (Å²) < 4.78 is 5.72. The van der Waals surface area contributed by atoms with Gasteiger partial charge in [-0.1, -0.05) is 49.4 Å². The minimum atomic E-state index is 0.655. The highest BCUT2D eigenvalue weighted by atomic mass is 16.5. The minimum Gasteiger partial charge on any atom is -0.493 e. The van der Waals surface area contributed by atoms with E-state index in [2.05, 4.69) is 6.92 Å². The van der Waals surface area contributed by atoms with E-state index in [1.54, 1.807) is 0 Å². The molecule has 0 aliphatic carbocycles. The fraction of sp³-hybridized carbons (Fsp3) is 0.188. The van der Waals surface area contributed by atoms with Gasteiger partial charge in [0.25, 0.3) is 0 Å². The molecule has 0 aromatic heterocycles. The molecule has 0 amide bonds. The summed E-state index contributed by atoms with van der Waals surface area (Å²) in [7, 11) is 0. The molecule has 0 aliphatic rings. The molecule has 0 aliphatic heterocycles. The van der Waals surface area contributed by atoms with Gasteiger partial charge in [0.1, 0.15) is 5.75 Å². The number of hydrogen-bond donors (Lipinski definition) is 0. The van der Waals surface area contributed by atoms with E-state index in [9.17, 15) is 4.79 Å².